The van der Waals surface area contributed by atoms with Crippen LogP contribution in [-0.4, -0.2) is 21.9 Å². The molecule has 0 fully saturated rings. The van der Waals surface area contributed by atoms with Crippen molar-refractivity contribution in [1.29, 1.82) is 0 Å². The van der Waals surface area contributed by atoms with E-state index in [1.165, 1.54) is 6.07 Å². The Labute approximate surface area is 103 Å². The van der Waals surface area contributed by atoms with Crippen molar-refractivity contribution in [3.8, 4) is 11.5 Å². The van der Waals surface area contributed by atoms with Crippen LogP contribution in [0.15, 0.2) is 18.2 Å². The molecule has 0 aliphatic carbocycles. The van der Waals surface area contributed by atoms with Crippen molar-refractivity contribution in [1.82, 2.24) is 0 Å². The summed E-state index contributed by atoms with van der Waals surface area (Å²) in [6, 6.07) is 4.64. The van der Waals surface area contributed by atoms with Crippen molar-refractivity contribution in [2.45, 2.75) is 39.5 Å². The lowest BCUT2D eigenvalue weighted by Crippen LogP contribution is -2.29. The van der Waals surface area contributed by atoms with E-state index in [2.05, 4.69) is 0 Å². The lowest BCUT2D eigenvalue weighted by atomic mass is 9.71. The molecule has 0 saturated heterocycles. The SMILES string of the molecule is CC(C)(CO)CC(C)(C)c1cc(O)cc(O)c1. The van der Waals surface area contributed by atoms with Crippen LogP contribution in [0.3, 0.4) is 0 Å². The molecule has 0 heterocycles. The summed E-state index contributed by atoms with van der Waals surface area (Å²) in [4.78, 5) is 0. The van der Waals surface area contributed by atoms with Gasteiger partial charge < -0.3 is 15.3 Å². The highest BCUT2D eigenvalue weighted by Gasteiger charge is 2.30. The molecule has 0 aliphatic rings. The zero-order valence-corrected chi connectivity index (χ0v) is 11.0. The van der Waals surface area contributed by atoms with Crippen molar-refractivity contribution in [3.63, 3.8) is 0 Å². The summed E-state index contributed by atoms with van der Waals surface area (Å²) in [5.41, 5.74) is 0.462. The lowest BCUT2D eigenvalue weighted by molar-refractivity contribution is 0.126. The van der Waals surface area contributed by atoms with Gasteiger partial charge in [-0.2, -0.15) is 0 Å². The van der Waals surface area contributed by atoms with Gasteiger partial charge in [0, 0.05) is 12.7 Å². The standard InChI is InChI=1S/C14H22O3/c1-13(2,9-15)8-14(3,4)10-5-11(16)7-12(17)6-10/h5-7,15-17H,8-9H2,1-4H3. The maximum atomic E-state index is 9.50. The minimum Gasteiger partial charge on any atom is -0.508 e. The summed E-state index contributed by atoms with van der Waals surface area (Å²) in [7, 11) is 0. The molecule has 0 atom stereocenters. The number of hydrogen-bond donors (Lipinski definition) is 3. The predicted molar refractivity (Wildman–Crippen MR) is 68.3 cm³/mol. The monoisotopic (exact) mass is 238 g/mol. The number of rotatable bonds is 4. The Balaban J connectivity index is 3.04. The van der Waals surface area contributed by atoms with E-state index >= 15 is 0 Å². The third-order valence-electron chi connectivity index (χ3n) is 3.03. The number of phenolic OH excluding ortho intramolecular Hbond substituents is 2. The molecule has 17 heavy (non-hydrogen) atoms. The van der Waals surface area contributed by atoms with Crippen LogP contribution in [0.5, 0.6) is 11.5 Å². The van der Waals surface area contributed by atoms with Gasteiger partial charge in [0.25, 0.3) is 0 Å². The van der Waals surface area contributed by atoms with Gasteiger partial charge in [-0.05, 0) is 34.9 Å². The molecule has 0 unspecified atom stereocenters. The minimum absolute atomic E-state index is 0.0647. The fourth-order valence-electron chi connectivity index (χ4n) is 2.34. The summed E-state index contributed by atoms with van der Waals surface area (Å²) in [6.45, 7) is 8.19. The Morgan fingerprint density at radius 3 is 1.82 bits per heavy atom. The summed E-state index contributed by atoms with van der Waals surface area (Å²) < 4.78 is 0. The van der Waals surface area contributed by atoms with E-state index in [0.717, 1.165) is 12.0 Å². The second-order valence-corrected chi connectivity index (χ2v) is 6.12. The van der Waals surface area contributed by atoms with Gasteiger partial charge in [-0.3, -0.25) is 0 Å². The van der Waals surface area contributed by atoms with Crippen LogP contribution < -0.4 is 0 Å². The van der Waals surface area contributed by atoms with Crippen molar-refractivity contribution < 1.29 is 15.3 Å². The van der Waals surface area contributed by atoms with Gasteiger partial charge in [0.2, 0.25) is 0 Å². The molecule has 3 N–H and O–H groups in total. The van der Waals surface area contributed by atoms with Crippen LogP contribution in [0.25, 0.3) is 0 Å². The molecule has 1 rings (SSSR count). The average molecular weight is 238 g/mol. The molecule has 0 amide bonds. The first-order valence-electron chi connectivity index (χ1n) is 5.81. The molecule has 0 radical (unpaired) electrons. The summed E-state index contributed by atoms with van der Waals surface area (Å²) in [6.07, 6.45) is 0.763. The van der Waals surface area contributed by atoms with E-state index in [1.54, 1.807) is 12.1 Å². The van der Waals surface area contributed by atoms with Crippen LogP contribution >= 0.6 is 0 Å². The number of aliphatic hydroxyl groups excluding tert-OH is 1. The van der Waals surface area contributed by atoms with Crippen LogP contribution in [-0.2, 0) is 5.41 Å². The Morgan fingerprint density at radius 1 is 0.941 bits per heavy atom. The van der Waals surface area contributed by atoms with Crippen LogP contribution in [0.4, 0.5) is 0 Å². The van der Waals surface area contributed by atoms with Crippen LogP contribution in [0.2, 0.25) is 0 Å². The number of aliphatic hydroxyl groups is 1. The highest BCUT2D eigenvalue weighted by Crippen LogP contribution is 2.38. The number of benzene rings is 1. The number of hydrogen-bond acceptors (Lipinski definition) is 3. The maximum Gasteiger partial charge on any atom is 0.119 e. The van der Waals surface area contributed by atoms with Gasteiger partial charge >= 0.3 is 0 Å². The molecule has 0 aliphatic heterocycles. The Bertz CT molecular complexity index is 374. The molecule has 0 spiro atoms. The fraction of sp³-hybridized carbons (Fsp3) is 0.571. The van der Waals surface area contributed by atoms with Crippen molar-refractivity contribution in [2.24, 2.45) is 5.41 Å². The maximum absolute atomic E-state index is 9.50. The third kappa shape index (κ3) is 3.63. The van der Waals surface area contributed by atoms with Crippen molar-refractivity contribution in [2.75, 3.05) is 6.61 Å². The van der Waals surface area contributed by atoms with Crippen molar-refractivity contribution in [3.05, 3.63) is 23.8 Å². The highest BCUT2D eigenvalue weighted by molar-refractivity contribution is 5.40. The third-order valence-corrected chi connectivity index (χ3v) is 3.03. The molecule has 0 bridgehead atoms. The first kappa shape index (κ1) is 13.8. The van der Waals surface area contributed by atoms with Gasteiger partial charge in [-0.15, -0.1) is 0 Å². The van der Waals surface area contributed by atoms with Gasteiger partial charge in [0.15, 0.2) is 0 Å². The van der Waals surface area contributed by atoms with E-state index < -0.39 is 0 Å². The summed E-state index contributed by atoms with van der Waals surface area (Å²) >= 11 is 0. The predicted octanol–water partition coefficient (Wildman–Crippen LogP) is 2.78. The Hall–Kier alpha value is -1.22. The summed E-state index contributed by atoms with van der Waals surface area (Å²) in [5, 5.41) is 28.3. The molecule has 0 saturated carbocycles. The van der Waals surface area contributed by atoms with E-state index in [0.29, 0.717) is 0 Å². The molecule has 1 aromatic rings. The molecular weight excluding hydrogens is 216 g/mol. The average Bonchev–Trinajstić information content (AvgIpc) is 2.14. The van der Waals surface area contributed by atoms with E-state index in [1.807, 2.05) is 27.7 Å². The molecule has 3 nitrogen and oxygen atoms in total. The van der Waals surface area contributed by atoms with Crippen molar-refractivity contribution >= 4 is 0 Å². The molecule has 1 aromatic carbocycles. The minimum atomic E-state index is -0.220. The lowest BCUT2D eigenvalue weighted by Gasteiger charge is -2.34. The van der Waals surface area contributed by atoms with Gasteiger partial charge in [0.1, 0.15) is 11.5 Å². The Kier molecular flexibility index (Phi) is 3.72. The zero-order chi connectivity index (χ0) is 13.3. The molecule has 96 valence electrons. The first-order chi connectivity index (χ1) is 7.66. The van der Waals surface area contributed by atoms with E-state index in [4.69, 9.17) is 0 Å². The summed E-state index contributed by atoms with van der Waals surface area (Å²) in [5.74, 6) is 0.129. The smallest absolute Gasteiger partial charge is 0.119 e. The normalized spacial score (nSPS) is 12.8. The quantitative estimate of drug-likeness (QED) is 0.756. The Morgan fingerprint density at radius 2 is 1.41 bits per heavy atom. The molecule has 3 heteroatoms. The fourth-order valence-corrected chi connectivity index (χ4v) is 2.34. The molecule has 0 aromatic heterocycles. The topological polar surface area (TPSA) is 60.7 Å². The largest absolute Gasteiger partial charge is 0.508 e. The van der Waals surface area contributed by atoms with Crippen LogP contribution in [0.1, 0.15) is 39.7 Å². The number of aromatic hydroxyl groups is 2. The van der Waals surface area contributed by atoms with Gasteiger partial charge in [0.05, 0.1) is 0 Å². The van der Waals surface area contributed by atoms with Gasteiger partial charge in [-0.1, -0.05) is 27.7 Å². The zero-order valence-electron chi connectivity index (χ0n) is 11.0. The van der Waals surface area contributed by atoms with E-state index in [-0.39, 0.29) is 28.9 Å². The first-order valence-corrected chi connectivity index (χ1v) is 5.81. The van der Waals surface area contributed by atoms with E-state index in [9.17, 15) is 15.3 Å². The second-order valence-electron chi connectivity index (χ2n) is 6.12. The second kappa shape index (κ2) is 4.57. The molecular formula is C14H22O3. The number of phenols is 2. The highest BCUT2D eigenvalue weighted by atomic mass is 16.3. The van der Waals surface area contributed by atoms with Crippen LogP contribution in [0, 0.1) is 5.41 Å². The van der Waals surface area contributed by atoms with Gasteiger partial charge in [-0.25, -0.2) is 0 Å².